The lowest BCUT2D eigenvalue weighted by atomic mass is 10.2. The van der Waals surface area contributed by atoms with Crippen LogP contribution >= 0.6 is 35.0 Å². The fourth-order valence-electron chi connectivity index (χ4n) is 2.00. The van der Waals surface area contributed by atoms with E-state index in [9.17, 15) is 18.0 Å². The summed E-state index contributed by atoms with van der Waals surface area (Å²) in [6.07, 6.45) is -3.75. The standard InChI is InChI=1S/C17H14Cl2F3NOS/c18-11-3-6-13(7-4-11)25-9-1-2-16(24)23-12-5-8-15(19)14(10-12)17(20,21)22/h3-8,10H,1-2,9H2,(H,23,24). The first-order chi connectivity index (χ1) is 11.8. The van der Waals surface area contributed by atoms with Gasteiger partial charge in [-0.15, -0.1) is 11.8 Å². The summed E-state index contributed by atoms with van der Waals surface area (Å²) in [5, 5.41) is 2.72. The minimum absolute atomic E-state index is 0.0760. The van der Waals surface area contributed by atoms with E-state index >= 15 is 0 Å². The Bertz CT molecular complexity index is 736. The Balaban J connectivity index is 1.81. The number of carbonyl (C=O) groups is 1. The highest BCUT2D eigenvalue weighted by molar-refractivity contribution is 7.99. The Kier molecular flexibility index (Phi) is 7.04. The van der Waals surface area contributed by atoms with Crippen molar-refractivity contribution in [3.63, 3.8) is 0 Å². The third-order valence-electron chi connectivity index (χ3n) is 3.19. The predicted molar refractivity (Wildman–Crippen MR) is 96.5 cm³/mol. The van der Waals surface area contributed by atoms with Crippen molar-refractivity contribution >= 4 is 46.6 Å². The summed E-state index contributed by atoms with van der Waals surface area (Å²) in [5.74, 6) is 0.371. The highest BCUT2D eigenvalue weighted by Crippen LogP contribution is 2.36. The molecule has 1 N–H and O–H groups in total. The van der Waals surface area contributed by atoms with E-state index in [4.69, 9.17) is 23.2 Å². The number of hydrogen-bond donors (Lipinski definition) is 1. The zero-order chi connectivity index (χ0) is 18.4. The first-order valence-corrected chi connectivity index (χ1v) is 9.05. The number of hydrogen-bond acceptors (Lipinski definition) is 2. The molecule has 0 spiro atoms. The number of amides is 1. The molecule has 134 valence electrons. The van der Waals surface area contributed by atoms with E-state index in [2.05, 4.69) is 5.32 Å². The molecule has 0 saturated carbocycles. The molecule has 8 heteroatoms. The van der Waals surface area contributed by atoms with Crippen LogP contribution in [0.1, 0.15) is 18.4 Å². The van der Waals surface area contributed by atoms with E-state index in [1.807, 2.05) is 12.1 Å². The van der Waals surface area contributed by atoms with Gasteiger partial charge < -0.3 is 5.32 Å². The second kappa shape index (κ2) is 8.83. The zero-order valence-corrected chi connectivity index (χ0v) is 15.2. The number of nitrogens with one attached hydrogen (secondary N) is 1. The van der Waals surface area contributed by atoms with Crippen molar-refractivity contribution in [3.05, 3.63) is 58.1 Å². The van der Waals surface area contributed by atoms with Gasteiger partial charge in [-0.05, 0) is 54.6 Å². The van der Waals surface area contributed by atoms with E-state index in [0.717, 1.165) is 17.0 Å². The predicted octanol–water partition coefficient (Wildman–Crippen LogP) is 6.52. The van der Waals surface area contributed by atoms with Crippen molar-refractivity contribution < 1.29 is 18.0 Å². The van der Waals surface area contributed by atoms with E-state index in [1.165, 1.54) is 6.07 Å². The van der Waals surface area contributed by atoms with Crippen LogP contribution in [0.5, 0.6) is 0 Å². The van der Waals surface area contributed by atoms with Crippen molar-refractivity contribution in [2.45, 2.75) is 23.9 Å². The third kappa shape index (κ3) is 6.45. The number of halogens is 5. The fraction of sp³-hybridized carbons (Fsp3) is 0.235. The van der Waals surface area contributed by atoms with Crippen molar-refractivity contribution in [1.82, 2.24) is 0 Å². The lowest BCUT2D eigenvalue weighted by Gasteiger charge is -2.11. The molecule has 0 fully saturated rings. The van der Waals surface area contributed by atoms with Crippen LogP contribution < -0.4 is 5.32 Å². The Labute approximate surface area is 157 Å². The summed E-state index contributed by atoms with van der Waals surface area (Å²) in [6.45, 7) is 0. The Morgan fingerprint density at radius 3 is 2.40 bits per heavy atom. The first-order valence-electron chi connectivity index (χ1n) is 7.30. The molecule has 2 rings (SSSR count). The number of anilines is 1. The molecule has 0 aliphatic heterocycles. The Morgan fingerprint density at radius 2 is 1.76 bits per heavy atom. The molecule has 0 aromatic heterocycles. The number of alkyl halides is 3. The highest BCUT2D eigenvalue weighted by atomic mass is 35.5. The largest absolute Gasteiger partial charge is 0.417 e. The van der Waals surface area contributed by atoms with Crippen LogP contribution in [0.3, 0.4) is 0 Å². The van der Waals surface area contributed by atoms with Gasteiger partial charge >= 0.3 is 6.18 Å². The van der Waals surface area contributed by atoms with E-state index in [0.29, 0.717) is 17.2 Å². The van der Waals surface area contributed by atoms with Crippen LogP contribution in [-0.2, 0) is 11.0 Å². The lowest BCUT2D eigenvalue weighted by Crippen LogP contribution is -2.13. The second-order valence-corrected chi connectivity index (χ2v) is 7.16. The molecule has 1 amide bonds. The van der Waals surface area contributed by atoms with Crippen LogP contribution in [0, 0.1) is 0 Å². The lowest BCUT2D eigenvalue weighted by molar-refractivity contribution is -0.137. The molecular weight excluding hydrogens is 394 g/mol. The molecule has 0 heterocycles. The highest BCUT2D eigenvalue weighted by Gasteiger charge is 2.33. The van der Waals surface area contributed by atoms with Crippen LogP contribution in [0.2, 0.25) is 10.0 Å². The molecular formula is C17H14Cl2F3NOS. The van der Waals surface area contributed by atoms with Crippen molar-refractivity contribution in [1.29, 1.82) is 0 Å². The quantitative estimate of drug-likeness (QED) is 0.435. The van der Waals surface area contributed by atoms with Gasteiger partial charge in [-0.3, -0.25) is 4.79 Å². The molecule has 25 heavy (non-hydrogen) atoms. The number of thioether (sulfide) groups is 1. The fourth-order valence-corrected chi connectivity index (χ4v) is 3.20. The molecule has 0 unspecified atom stereocenters. The number of carbonyl (C=O) groups excluding carboxylic acids is 1. The molecule has 2 aromatic rings. The SMILES string of the molecule is O=C(CCCSc1ccc(Cl)cc1)Nc1ccc(Cl)c(C(F)(F)F)c1. The van der Waals surface area contributed by atoms with Crippen LogP contribution in [0.15, 0.2) is 47.4 Å². The average Bonchev–Trinajstić information content (AvgIpc) is 2.54. The molecule has 2 nitrogen and oxygen atoms in total. The molecule has 0 bridgehead atoms. The molecule has 0 aliphatic carbocycles. The van der Waals surface area contributed by atoms with Gasteiger partial charge in [0.2, 0.25) is 5.91 Å². The second-order valence-electron chi connectivity index (χ2n) is 5.15. The summed E-state index contributed by atoms with van der Waals surface area (Å²) in [6, 6.07) is 10.7. The Hall–Kier alpha value is -1.37. The van der Waals surface area contributed by atoms with Gasteiger partial charge in [0.1, 0.15) is 0 Å². The minimum atomic E-state index is -4.56. The third-order valence-corrected chi connectivity index (χ3v) is 4.87. The maximum atomic E-state index is 12.8. The van der Waals surface area contributed by atoms with Gasteiger partial charge in [-0.1, -0.05) is 23.2 Å². The number of rotatable bonds is 6. The number of benzene rings is 2. The molecule has 0 saturated heterocycles. The average molecular weight is 408 g/mol. The summed E-state index contributed by atoms with van der Waals surface area (Å²) >= 11 is 12.9. The topological polar surface area (TPSA) is 29.1 Å². The minimum Gasteiger partial charge on any atom is -0.326 e. The van der Waals surface area contributed by atoms with Gasteiger partial charge in [0.25, 0.3) is 0 Å². The van der Waals surface area contributed by atoms with Crippen molar-refractivity contribution in [3.8, 4) is 0 Å². The smallest absolute Gasteiger partial charge is 0.326 e. The van der Waals surface area contributed by atoms with Crippen LogP contribution in [0.25, 0.3) is 0 Å². The summed E-state index contributed by atoms with van der Waals surface area (Å²) in [5.41, 5.74) is -0.891. The summed E-state index contributed by atoms with van der Waals surface area (Å²) in [7, 11) is 0. The normalized spacial score (nSPS) is 11.4. The molecule has 0 atom stereocenters. The van der Waals surface area contributed by atoms with Crippen molar-refractivity contribution in [2.24, 2.45) is 0 Å². The maximum Gasteiger partial charge on any atom is 0.417 e. The summed E-state index contributed by atoms with van der Waals surface area (Å²) < 4.78 is 38.4. The van der Waals surface area contributed by atoms with E-state index in [-0.39, 0.29) is 18.0 Å². The first kappa shape index (κ1) is 19.9. The van der Waals surface area contributed by atoms with Crippen LogP contribution in [0.4, 0.5) is 18.9 Å². The molecule has 2 aromatic carbocycles. The van der Waals surface area contributed by atoms with Crippen molar-refractivity contribution in [2.75, 3.05) is 11.1 Å². The maximum absolute atomic E-state index is 12.8. The molecule has 0 radical (unpaired) electrons. The van der Waals surface area contributed by atoms with Gasteiger partial charge in [0.05, 0.1) is 10.6 Å². The van der Waals surface area contributed by atoms with E-state index < -0.39 is 16.8 Å². The van der Waals surface area contributed by atoms with Gasteiger partial charge in [-0.25, -0.2) is 0 Å². The van der Waals surface area contributed by atoms with E-state index in [1.54, 1.807) is 23.9 Å². The Morgan fingerprint density at radius 1 is 1.08 bits per heavy atom. The van der Waals surface area contributed by atoms with Crippen LogP contribution in [-0.4, -0.2) is 11.7 Å². The van der Waals surface area contributed by atoms with Gasteiger partial charge in [0.15, 0.2) is 0 Å². The van der Waals surface area contributed by atoms with Gasteiger partial charge in [-0.2, -0.15) is 13.2 Å². The van der Waals surface area contributed by atoms with Gasteiger partial charge in [0, 0.05) is 22.0 Å². The monoisotopic (exact) mass is 407 g/mol. The molecule has 0 aliphatic rings. The zero-order valence-electron chi connectivity index (χ0n) is 12.9. The summed E-state index contributed by atoms with van der Waals surface area (Å²) in [4.78, 5) is 12.9.